The van der Waals surface area contributed by atoms with E-state index in [1.807, 2.05) is 26.0 Å². The zero-order valence-electron chi connectivity index (χ0n) is 37.5. The molecule has 14 nitrogen and oxygen atoms in total. The number of carbonyl (C=O) groups excluding carboxylic acids is 1. The molecule has 6 aliphatic heterocycles. The third-order valence-corrected chi connectivity index (χ3v) is 14.7. The Labute approximate surface area is 361 Å². The SMILES string of the molecule is CC[C@H](C)[C@H]1O[C@]2(CC[C@@H]1C)C[C@@H]1C[C@@H](C/C=C(\C)[C@@H](O[C@H]3C[C@H](OC)[C@@H](O[C@H]4C[C@H](O)[C@@H](O)[C@H](C)O4)[C@H](C)O3)[C@@H](C)/C=C/C=C3\CO[C@@H]4[C@H](O)C(C)=C[C@@H](C(=O)O1)[C@]34O)O2. The zero-order valence-corrected chi connectivity index (χ0v) is 37.5. The van der Waals surface area contributed by atoms with Crippen molar-refractivity contribution < 1.29 is 67.9 Å². The van der Waals surface area contributed by atoms with Gasteiger partial charge in [0.2, 0.25) is 0 Å². The van der Waals surface area contributed by atoms with Crippen LogP contribution in [0.3, 0.4) is 0 Å². The third-order valence-electron chi connectivity index (χ3n) is 14.7. The summed E-state index contributed by atoms with van der Waals surface area (Å²) in [7, 11) is 1.62. The van der Waals surface area contributed by atoms with E-state index in [0.29, 0.717) is 55.1 Å². The highest BCUT2D eigenvalue weighted by Gasteiger charge is 2.60. The van der Waals surface area contributed by atoms with Crippen LogP contribution in [0.5, 0.6) is 0 Å². The van der Waals surface area contributed by atoms with Gasteiger partial charge in [-0.15, -0.1) is 0 Å². The van der Waals surface area contributed by atoms with E-state index in [2.05, 4.69) is 33.8 Å². The largest absolute Gasteiger partial charge is 0.462 e. The minimum atomic E-state index is -1.83. The second kappa shape index (κ2) is 19.2. The maximum Gasteiger partial charge on any atom is 0.316 e. The number of aliphatic hydroxyl groups excluding tert-OH is 3. The molecule has 0 unspecified atom stereocenters. The van der Waals surface area contributed by atoms with Gasteiger partial charge in [-0.3, -0.25) is 4.79 Å². The van der Waals surface area contributed by atoms with E-state index in [1.54, 1.807) is 33.1 Å². The Kier molecular flexibility index (Phi) is 14.8. The predicted molar refractivity (Wildman–Crippen MR) is 223 cm³/mol. The molecule has 0 saturated carbocycles. The number of hydrogen-bond donors (Lipinski definition) is 4. The number of fused-ring (bicyclic) bond motifs is 2. The van der Waals surface area contributed by atoms with Crippen LogP contribution in [0, 0.1) is 23.7 Å². The number of aliphatic hydroxyl groups is 4. The number of esters is 1. The van der Waals surface area contributed by atoms with Gasteiger partial charge in [0.1, 0.15) is 42.0 Å². The van der Waals surface area contributed by atoms with Crippen molar-refractivity contribution in [1.82, 2.24) is 0 Å². The first-order valence-corrected chi connectivity index (χ1v) is 22.8. The Balaban J connectivity index is 1.18. The first-order chi connectivity index (χ1) is 29.0. The molecule has 344 valence electrons. The Morgan fingerprint density at radius 3 is 2.41 bits per heavy atom. The number of allylic oxidation sites excluding steroid dienone is 2. The molecule has 20 atom stereocenters. The second-order valence-electron chi connectivity index (χ2n) is 19.1. The lowest BCUT2D eigenvalue weighted by Crippen LogP contribution is -2.58. The van der Waals surface area contributed by atoms with E-state index in [9.17, 15) is 25.2 Å². The van der Waals surface area contributed by atoms with Crippen LogP contribution in [0.1, 0.15) is 107 Å². The molecule has 0 radical (unpaired) electrons. The van der Waals surface area contributed by atoms with Gasteiger partial charge in [-0.2, -0.15) is 0 Å². The topological polar surface area (TPSA) is 181 Å². The van der Waals surface area contributed by atoms with Gasteiger partial charge >= 0.3 is 5.97 Å². The summed E-state index contributed by atoms with van der Waals surface area (Å²) >= 11 is 0. The Morgan fingerprint density at radius 1 is 0.951 bits per heavy atom. The normalized spacial score (nSPS) is 50.0. The molecule has 0 amide bonds. The standard InChI is InChI=1S/C47H72O14/c1-10-24(2)42-27(5)16-17-46(61-42)22-33-19-32(60-46)15-14-26(4)41(58-38-21-36(53-9)43(30(8)56-38)59-37-20-35(48)40(50)29(7)55-37)25(3)12-11-13-31-23-54-44-39(49)28(6)18-34(45(51)57-33)47(31,44)52/h11-14,18,24-25,27,29-30,32-44,48-50,52H,10,15-17,19-23H2,1-9H3/b12-11+,26-14+,31-13+/t24-,25-,27-,29-,30-,32+,33-,34-,35-,36-,37-,38-,39+,40-,41-,42+,43-,44+,46+,47+/m0/s1. The predicted octanol–water partition coefficient (Wildman–Crippen LogP) is 4.95. The van der Waals surface area contributed by atoms with Gasteiger partial charge in [0.15, 0.2) is 18.4 Å². The van der Waals surface area contributed by atoms with Gasteiger partial charge in [0.05, 0.1) is 49.3 Å². The van der Waals surface area contributed by atoms with Crippen LogP contribution in [-0.4, -0.2) is 137 Å². The Morgan fingerprint density at radius 2 is 1.69 bits per heavy atom. The summed E-state index contributed by atoms with van der Waals surface area (Å²) in [5.41, 5.74) is 0.152. The quantitative estimate of drug-likeness (QED) is 0.200. The fourth-order valence-corrected chi connectivity index (χ4v) is 10.7. The van der Waals surface area contributed by atoms with E-state index in [-0.39, 0.29) is 31.2 Å². The minimum absolute atomic E-state index is 0.0123. The average molecular weight is 861 g/mol. The lowest BCUT2D eigenvalue weighted by atomic mass is 9.71. The van der Waals surface area contributed by atoms with Crippen molar-refractivity contribution in [3.63, 3.8) is 0 Å². The molecule has 2 bridgehead atoms. The molecule has 7 aliphatic rings. The summed E-state index contributed by atoms with van der Waals surface area (Å²) in [6.07, 6.45) is 4.90. The van der Waals surface area contributed by atoms with E-state index in [1.165, 1.54) is 0 Å². The van der Waals surface area contributed by atoms with Crippen molar-refractivity contribution in [2.24, 2.45) is 23.7 Å². The maximum atomic E-state index is 14.3. The van der Waals surface area contributed by atoms with Gasteiger partial charge in [-0.25, -0.2) is 0 Å². The van der Waals surface area contributed by atoms with Crippen molar-refractivity contribution in [3.05, 3.63) is 47.1 Å². The lowest BCUT2D eigenvalue weighted by Gasteiger charge is -2.51. The molecule has 4 N–H and O–H groups in total. The summed E-state index contributed by atoms with van der Waals surface area (Å²) in [6.45, 7) is 16.1. The second-order valence-corrected chi connectivity index (χ2v) is 19.1. The number of ether oxygens (including phenoxy) is 9. The van der Waals surface area contributed by atoms with Gasteiger partial charge < -0.3 is 63.1 Å². The summed E-state index contributed by atoms with van der Waals surface area (Å²) in [6, 6.07) is 0. The first kappa shape index (κ1) is 46.9. The molecular weight excluding hydrogens is 789 g/mol. The third kappa shape index (κ3) is 9.67. The molecule has 6 heterocycles. The molecule has 1 spiro atoms. The van der Waals surface area contributed by atoms with Crippen LogP contribution in [0.25, 0.3) is 0 Å². The van der Waals surface area contributed by atoms with Gasteiger partial charge in [-0.1, -0.05) is 64.5 Å². The molecule has 61 heavy (non-hydrogen) atoms. The smallest absolute Gasteiger partial charge is 0.316 e. The van der Waals surface area contributed by atoms with E-state index >= 15 is 0 Å². The maximum absolute atomic E-state index is 14.3. The van der Waals surface area contributed by atoms with Crippen LogP contribution >= 0.6 is 0 Å². The molecule has 7 rings (SSSR count). The minimum Gasteiger partial charge on any atom is -0.462 e. The average Bonchev–Trinajstić information content (AvgIpc) is 3.56. The van der Waals surface area contributed by atoms with E-state index in [4.69, 9.17) is 42.6 Å². The molecule has 0 aromatic carbocycles. The summed E-state index contributed by atoms with van der Waals surface area (Å²) in [5, 5.41) is 44.3. The van der Waals surface area contributed by atoms with Crippen LogP contribution in [0.2, 0.25) is 0 Å². The first-order valence-electron chi connectivity index (χ1n) is 22.8. The van der Waals surface area contributed by atoms with Gasteiger partial charge in [0, 0.05) is 45.1 Å². The highest BCUT2D eigenvalue weighted by atomic mass is 16.7. The fourth-order valence-electron chi connectivity index (χ4n) is 10.7. The molecule has 0 aromatic rings. The monoisotopic (exact) mass is 860 g/mol. The molecule has 1 aliphatic carbocycles. The van der Waals surface area contributed by atoms with E-state index in [0.717, 1.165) is 18.4 Å². The van der Waals surface area contributed by atoms with Crippen molar-refractivity contribution in [1.29, 1.82) is 0 Å². The van der Waals surface area contributed by atoms with Crippen LogP contribution in [-0.2, 0) is 47.4 Å². The van der Waals surface area contributed by atoms with Crippen molar-refractivity contribution in [2.45, 2.75) is 204 Å². The molecular formula is C47H72O14. The van der Waals surface area contributed by atoms with Crippen molar-refractivity contribution in [2.75, 3.05) is 13.7 Å². The fraction of sp³-hybridized carbons (Fsp3) is 0.809. The summed E-state index contributed by atoms with van der Waals surface area (Å²) in [5.74, 6) is -2.14. The molecule has 0 aromatic heterocycles. The molecule has 14 heteroatoms. The zero-order chi connectivity index (χ0) is 44.0. The van der Waals surface area contributed by atoms with Crippen LogP contribution in [0.15, 0.2) is 47.1 Å². The van der Waals surface area contributed by atoms with Crippen LogP contribution in [0.4, 0.5) is 0 Å². The molecule has 5 fully saturated rings. The van der Waals surface area contributed by atoms with E-state index < -0.39 is 96.9 Å². The number of carbonyl (C=O) groups is 1. The van der Waals surface area contributed by atoms with Crippen LogP contribution < -0.4 is 0 Å². The number of methoxy groups -OCH3 is 1. The highest BCUT2D eigenvalue weighted by molar-refractivity contribution is 5.78. The van der Waals surface area contributed by atoms with Crippen molar-refractivity contribution in [3.8, 4) is 0 Å². The Bertz CT molecular complexity index is 1650. The lowest BCUT2D eigenvalue weighted by molar-refractivity contribution is -0.340. The number of rotatable bonds is 7. The highest BCUT2D eigenvalue weighted by Crippen LogP contribution is 2.48. The van der Waals surface area contributed by atoms with Gasteiger partial charge in [-0.05, 0) is 69.1 Å². The molecule has 5 saturated heterocycles. The van der Waals surface area contributed by atoms with Crippen molar-refractivity contribution >= 4 is 5.97 Å². The Hall–Kier alpha value is -2.05. The van der Waals surface area contributed by atoms with Gasteiger partial charge in [0.25, 0.3) is 0 Å². The summed E-state index contributed by atoms with van der Waals surface area (Å²) < 4.78 is 57.9. The summed E-state index contributed by atoms with van der Waals surface area (Å²) in [4.78, 5) is 14.3. The number of hydrogen-bond acceptors (Lipinski definition) is 14.